The fraction of sp³-hybridized carbons (Fsp3) is 0. The standard InChI is InChI=1S/C48H31NOS/c1-2-11-32(12-3-1)33-21-23-35(24-22-33)38-13-4-7-16-42(38)49(43-17-10-19-45-48(43)40-15-5-8-18-44(40)50-45)37-28-25-34(26-29-37)36-27-30-47-41(31-36)39-14-6-9-20-46(39)51-47/h1-31H. The molecule has 0 saturated carbocycles. The van der Waals surface area contributed by atoms with Gasteiger partial charge in [-0.3, -0.25) is 0 Å². The van der Waals surface area contributed by atoms with Crippen molar-refractivity contribution >= 4 is 70.5 Å². The van der Waals surface area contributed by atoms with E-state index in [0.717, 1.165) is 50.1 Å². The number of rotatable bonds is 6. The first kappa shape index (κ1) is 29.5. The van der Waals surface area contributed by atoms with Crippen molar-refractivity contribution in [1.29, 1.82) is 0 Å². The number of furan rings is 1. The molecule has 10 rings (SSSR count). The summed E-state index contributed by atoms with van der Waals surface area (Å²) >= 11 is 1.85. The van der Waals surface area contributed by atoms with Crippen LogP contribution in [0.25, 0.3) is 75.5 Å². The minimum atomic E-state index is 0.872. The molecular formula is C48H31NOS. The van der Waals surface area contributed by atoms with Crippen molar-refractivity contribution in [2.75, 3.05) is 4.90 Å². The van der Waals surface area contributed by atoms with E-state index >= 15 is 0 Å². The second-order valence-corrected chi connectivity index (χ2v) is 14.0. The van der Waals surface area contributed by atoms with Crippen molar-refractivity contribution in [2.24, 2.45) is 0 Å². The number of benzene rings is 8. The van der Waals surface area contributed by atoms with E-state index in [0.29, 0.717) is 0 Å². The smallest absolute Gasteiger partial charge is 0.137 e. The largest absolute Gasteiger partial charge is 0.456 e. The Morgan fingerprint density at radius 3 is 1.82 bits per heavy atom. The summed E-state index contributed by atoms with van der Waals surface area (Å²) in [5.41, 5.74) is 12.1. The lowest BCUT2D eigenvalue weighted by Gasteiger charge is -2.28. The summed E-state index contributed by atoms with van der Waals surface area (Å²) in [5, 5.41) is 4.83. The zero-order valence-corrected chi connectivity index (χ0v) is 28.5. The van der Waals surface area contributed by atoms with Crippen LogP contribution in [-0.2, 0) is 0 Å². The second-order valence-electron chi connectivity index (χ2n) is 12.9. The van der Waals surface area contributed by atoms with Crippen LogP contribution >= 0.6 is 11.3 Å². The molecule has 0 atom stereocenters. The van der Waals surface area contributed by atoms with Crippen LogP contribution in [0.2, 0.25) is 0 Å². The molecule has 2 aromatic heterocycles. The number of thiophene rings is 1. The minimum absolute atomic E-state index is 0.872. The molecule has 0 unspecified atom stereocenters. The van der Waals surface area contributed by atoms with Gasteiger partial charge in [-0.1, -0.05) is 133 Å². The van der Waals surface area contributed by atoms with Crippen LogP contribution in [0.3, 0.4) is 0 Å². The van der Waals surface area contributed by atoms with Crippen molar-refractivity contribution in [3.63, 3.8) is 0 Å². The zero-order chi connectivity index (χ0) is 33.7. The lowest BCUT2D eigenvalue weighted by molar-refractivity contribution is 0.669. The summed E-state index contributed by atoms with van der Waals surface area (Å²) in [6.45, 7) is 0. The molecule has 240 valence electrons. The number of fused-ring (bicyclic) bond motifs is 6. The van der Waals surface area contributed by atoms with Crippen molar-refractivity contribution in [1.82, 2.24) is 0 Å². The minimum Gasteiger partial charge on any atom is -0.456 e. The Morgan fingerprint density at radius 2 is 0.961 bits per heavy atom. The maximum absolute atomic E-state index is 6.40. The first-order chi connectivity index (χ1) is 25.3. The van der Waals surface area contributed by atoms with E-state index in [1.165, 1.54) is 42.4 Å². The van der Waals surface area contributed by atoms with Gasteiger partial charge in [0.05, 0.1) is 16.8 Å². The van der Waals surface area contributed by atoms with Crippen molar-refractivity contribution in [3.05, 3.63) is 188 Å². The van der Waals surface area contributed by atoms with Gasteiger partial charge in [-0.05, 0) is 82.4 Å². The first-order valence-electron chi connectivity index (χ1n) is 17.3. The van der Waals surface area contributed by atoms with Gasteiger partial charge < -0.3 is 9.32 Å². The summed E-state index contributed by atoms with van der Waals surface area (Å²) in [6.07, 6.45) is 0. The quantitative estimate of drug-likeness (QED) is 0.175. The Morgan fingerprint density at radius 1 is 0.373 bits per heavy atom. The summed E-state index contributed by atoms with van der Waals surface area (Å²) in [7, 11) is 0. The van der Waals surface area contributed by atoms with Gasteiger partial charge in [0, 0.05) is 36.8 Å². The topological polar surface area (TPSA) is 16.4 Å². The molecular weight excluding hydrogens is 639 g/mol. The molecule has 0 aliphatic heterocycles. The monoisotopic (exact) mass is 669 g/mol. The van der Waals surface area contributed by atoms with Crippen molar-refractivity contribution in [3.8, 4) is 33.4 Å². The fourth-order valence-electron chi connectivity index (χ4n) is 7.44. The normalized spacial score (nSPS) is 11.5. The fourth-order valence-corrected chi connectivity index (χ4v) is 8.53. The zero-order valence-electron chi connectivity index (χ0n) is 27.7. The molecule has 2 heterocycles. The molecule has 0 aliphatic carbocycles. The predicted molar refractivity (Wildman–Crippen MR) is 218 cm³/mol. The van der Waals surface area contributed by atoms with Crippen LogP contribution in [-0.4, -0.2) is 0 Å². The number of hydrogen-bond donors (Lipinski definition) is 0. The average molecular weight is 670 g/mol. The summed E-state index contributed by atoms with van der Waals surface area (Å²) in [4.78, 5) is 2.39. The molecule has 0 saturated heterocycles. The van der Waals surface area contributed by atoms with Gasteiger partial charge in [-0.15, -0.1) is 11.3 Å². The third-order valence-electron chi connectivity index (χ3n) is 9.90. The van der Waals surface area contributed by atoms with E-state index in [2.05, 4.69) is 181 Å². The van der Waals surface area contributed by atoms with Gasteiger partial charge in [-0.2, -0.15) is 0 Å². The maximum atomic E-state index is 6.40. The summed E-state index contributed by atoms with van der Waals surface area (Å²) in [6, 6.07) is 67.4. The van der Waals surface area contributed by atoms with E-state index < -0.39 is 0 Å². The van der Waals surface area contributed by atoms with Crippen LogP contribution in [0.1, 0.15) is 0 Å². The second kappa shape index (κ2) is 12.2. The van der Waals surface area contributed by atoms with E-state index in [4.69, 9.17) is 4.42 Å². The predicted octanol–water partition coefficient (Wildman–Crippen LogP) is 14.4. The SMILES string of the molecule is c1ccc(-c2ccc(-c3ccccc3N(c3ccc(-c4ccc5sc6ccccc6c5c4)cc3)c3cccc4oc5ccccc5c34)cc2)cc1. The van der Waals surface area contributed by atoms with E-state index in [1.54, 1.807) is 0 Å². The van der Waals surface area contributed by atoms with Gasteiger partial charge in [-0.25, -0.2) is 0 Å². The molecule has 0 fully saturated rings. The van der Waals surface area contributed by atoms with Crippen molar-refractivity contribution < 1.29 is 4.42 Å². The highest BCUT2D eigenvalue weighted by atomic mass is 32.1. The number of hydrogen-bond acceptors (Lipinski definition) is 3. The molecule has 0 aliphatic rings. The van der Waals surface area contributed by atoms with Crippen LogP contribution in [0, 0.1) is 0 Å². The van der Waals surface area contributed by atoms with Crippen LogP contribution in [0.15, 0.2) is 192 Å². The lowest BCUT2D eigenvalue weighted by atomic mass is 9.97. The molecule has 0 radical (unpaired) electrons. The number of para-hydroxylation sites is 2. The first-order valence-corrected chi connectivity index (χ1v) is 18.1. The van der Waals surface area contributed by atoms with Crippen LogP contribution in [0.4, 0.5) is 17.1 Å². The number of anilines is 3. The third-order valence-corrected chi connectivity index (χ3v) is 11.1. The van der Waals surface area contributed by atoms with Crippen LogP contribution in [0.5, 0.6) is 0 Å². The molecule has 0 bridgehead atoms. The van der Waals surface area contributed by atoms with Gasteiger partial charge in [0.25, 0.3) is 0 Å². The molecule has 8 aromatic carbocycles. The summed E-state index contributed by atoms with van der Waals surface area (Å²) < 4.78 is 9.04. The van der Waals surface area contributed by atoms with E-state index in [9.17, 15) is 0 Å². The average Bonchev–Trinajstić information content (AvgIpc) is 3.78. The molecule has 10 aromatic rings. The molecule has 51 heavy (non-hydrogen) atoms. The highest BCUT2D eigenvalue weighted by Gasteiger charge is 2.22. The molecule has 2 nitrogen and oxygen atoms in total. The van der Waals surface area contributed by atoms with Gasteiger partial charge in [0.15, 0.2) is 0 Å². The van der Waals surface area contributed by atoms with E-state index in [1.807, 2.05) is 23.5 Å². The number of nitrogens with zero attached hydrogens (tertiary/aromatic N) is 1. The van der Waals surface area contributed by atoms with Gasteiger partial charge in [0.2, 0.25) is 0 Å². The Labute approximate surface area is 300 Å². The molecule has 0 N–H and O–H groups in total. The van der Waals surface area contributed by atoms with Gasteiger partial charge in [0.1, 0.15) is 11.2 Å². The third kappa shape index (κ3) is 5.10. The highest BCUT2D eigenvalue weighted by Crippen LogP contribution is 2.46. The molecule has 0 amide bonds. The highest BCUT2D eigenvalue weighted by molar-refractivity contribution is 7.25. The summed E-state index contributed by atoms with van der Waals surface area (Å²) in [5.74, 6) is 0. The van der Waals surface area contributed by atoms with Crippen LogP contribution < -0.4 is 4.90 Å². The molecule has 3 heteroatoms. The Balaban J connectivity index is 1.13. The van der Waals surface area contributed by atoms with Crippen molar-refractivity contribution in [2.45, 2.75) is 0 Å². The Hall–Kier alpha value is -6.42. The Bertz CT molecular complexity index is 2850. The maximum Gasteiger partial charge on any atom is 0.137 e. The lowest BCUT2D eigenvalue weighted by Crippen LogP contribution is -2.11. The van der Waals surface area contributed by atoms with E-state index in [-0.39, 0.29) is 0 Å². The van der Waals surface area contributed by atoms with Gasteiger partial charge >= 0.3 is 0 Å². The molecule has 0 spiro atoms. The Kier molecular flexibility index (Phi) is 7.04.